The molecule has 0 aromatic carbocycles. The standard InChI is InChI=1S/C7H7N5O2S/c8-7-9-5(4-15-7)3-11-2-1-6(10-11)12(13)14/h1-2,4H,3H2,(H2,8,9). The summed E-state index contributed by atoms with van der Waals surface area (Å²) in [7, 11) is 0. The molecule has 2 heterocycles. The Morgan fingerprint density at radius 3 is 3.00 bits per heavy atom. The van der Waals surface area contributed by atoms with E-state index in [0.29, 0.717) is 11.7 Å². The Bertz CT molecular complexity index is 491. The summed E-state index contributed by atoms with van der Waals surface area (Å²) in [6, 6.07) is 1.34. The summed E-state index contributed by atoms with van der Waals surface area (Å²) in [4.78, 5) is 13.9. The summed E-state index contributed by atoms with van der Waals surface area (Å²) < 4.78 is 1.45. The lowest BCUT2D eigenvalue weighted by molar-refractivity contribution is -0.389. The number of aromatic nitrogens is 3. The molecule has 0 aliphatic heterocycles. The molecule has 7 nitrogen and oxygen atoms in total. The monoisotopic (exact) mass is 225 g/mol. The van der Waals surface area contributed by atoms with Crippen LogP contribution in [0.5, 0.6) is 0 Å². The number of anilines is 1. The first-order valence-corrected chi connectivity index (χ1v) is 4.91. The number of rotatable bonds is 3. The summed E-state index contributed by atoms with van der Waals surface area (Å²) in [5.74, 6) is -0.168. The summed E-state index contributed by atoms with van der Waals surface area (Å²) in [5.41, 5.74) is 6.20. The molecule has 0 aliphatic carbocycles. The average molecular weight is 225 g/mol. The van der Waals surface area contributed by atoms with Crippen LogP contribution in [0.2, 0.25) is 0 Å². The maximum atomic E-state index is 10.4. The second-order valence-corrected chi connectivity index (χ2v) is 3.70. The Balaban J connectivity index is 2.14. The SMILES string of the molecule is Nc1nc(Cn2ccc([N+](=O)[O-])n2)cs1. The number of hydrogen-bond acceptors (Lipinski definition) is 6. The van der Waals surface area contributed by atoms with Gasteiger partial charge in [-0.2, -0.15) is 4.68 Å². The minimum atomic E-state index is -0.536. The van der Waals surface area contributed by atoms with E-state index in [1.807, 2.05) is 0 Å². The molecule has 15 heavy (non-hydrogen) atoms. The van der Waals surface area contributed by atoms with Crippen molar-refractivity contribution in [2.75, 3.05) is 5.73 Å². The zero-order chi connectivity index (χ0) is 10.8. The van der Waals surface area contributed by atoms with Crippen LogP contribution in [0.15, 0.2) is 17.6 Å². The molecule has 0 bridgehead atoms. The Morgan fingerprint density at radius 2 is 2.47 bits per heavy atom. The van der Waals surface area contributed by atoms with Crippen molar-refractivity contribution >= 4 is 22.3 Å². The maximum absolute atomic E-state index is 10.4. The van der Waals surface area contributed by atoms with E-state index in [4.69, 9.17) is 5.73 Å². The Morgan fingerprint density at radius 1 is 1.67 bits per heavy atom. The van der Waals surface area contributed by atoms with Crippen LogP contribution < -0.4 is 5.73 Å². The first-order valence-electron chi connectivity index (χ1n) is 4.03. The quantitative estimate of drug-likeness (QED) is 0.617. The topological polar surface area (TPSA) is 99.9 Å². The average Bonchev–Trinajstić information content (AvgIpc) is 2.76. The van der Waals surface area contributed by atoms with Crippen LogP contribution in [-0.4, -0.2) is 19.7 Å². The number of nitro groups is 1. The van der Waals surface area contributed by atoms with Crippen molar-refractivity contribution in [1.29, 1.82) is 0 Å². The van der Waals surface area contributed by atoms with Gasteiger partial charge in [0.1, 0.15) is 6.54 Å². The van der Waals surface area contributed by atoms with Crippen LogP contribution in [0.25, 0.3) is 0 Å². The van der Waals surface area contributed by atoms with Crippen LogP contribution >= 0.6 is 11.3 Å². The van der Waals surface area contributed by atoms with Crippen molar-refractivity contribution < 1.29 is 4.92 Å². The van der Waals surface area contributed by atoms with E-state index in [1.165, 1.54) is 28.3 Å². The number of hydrogen-bond donors (Lipinski definition) is 1. The van der Waals surface area contributed by atoms with Crippen LogP contribution in [0.3, 0.4) is 0 Å². The third kappa shape index (κ3) is 2.10. The van der Waals surface area contributed by atoms with E-state index in [0.717, 1.165) is 5.69 Å². The lowest BCUT2D eigenvalue weighted by Gasteiger charge is -1.90. The molecule has 0 unspecified atom stereocenters. The van der Waals surface area contributed by atoms with E-state index in [1.54, 1.807) is 5.38 Å². The van der Waals surface area contributed by atoms with Gasteiger partial charge in [-0.05, 0) is 4.92 Å². The predicted octanol–water partition coefficient (Wildman–Crippen LogP) is 0.878. The Kier molecular flexibility index (Phi) is 2.34. The molecule has 2 rings (SSSR count). The van der Waals surface area contributed by atoms with Gasteiger partial charge in [0.2, 0.25) is 0 Å². The molecule has 0 amide bonds. The second kappa shape index (κ2) is 3.65. The minimum absolute atomic E-state index is 0.168. The number of nitrogen functional groups attached to an aromatic ring is 1. The molecular formula is C7H7N5O2S. The summed E-state index contributed by atoms with van der Waals surface area (Å²) in [5, 5.41) is 16.4. The smallest absolute Gasteiger partial charge is 0.375 e. The van der Waals surface area contributed by atoms with Crippen LogP contribution in [0, 0.1) is 10.1 Å². The number of nitrogens with zero attached hydrogens (tertiary/aromatic N) is 4. The summed E-state index contributed by atoms with van der Waals surface area (Å²) >= 11 is 1.33. The lowest BCUT2D eigenvalue weighted by Crippen LogP contribution is -2.01. The third-order valence-corrected chi connectivity index (χ3v) is 2.43. The van der Waals surface area contributed by atoms with Crippen molar-refractivity contribution in [3.63, 3.8) is 0 Å². The van der Waals surface area contributed by atoms with Gasteiger partial charge in [0.05, 0.1) is 23.1 Å². The molecule has 0 saturated heterocycles. The van der Waals surface area contributed by atoms with Crippen molar-refractivity contribution in [2.24, 2.45) is 0 Å². The summed E-state index contributed by atoms with van der Waals surface area (Å²) in [6.07, 6.45) is 1.54. The molecule has 0 saturated carbocycles. The van der Waals surface area contributed by atoms with E-state index < -0.39 is 4.92 Å². The van der Waals surface area contributed by atoms with E-state index >= 15 is 0 Å². The predicted molar refractivity (Wildman–Crippen MR) is 54.5 cm³/mol. The fourth-order valence-electron chi connectivity index (χ4n) is 1.10. The highest BCUT2D eigenvalue weighted by Crippen LogP contribution is 2.13. The van der Waals surface area contributed by atoms with Gasteiger partial charge >= 0.3 is 5.82 Å². The molecule has 2 aromatic rings. The van der Waals surface area contributed by atoms with Gasteiger partial charge in [0.15, 0.2) is 5.13 Å². The van der Waals surface area contributed by atoms with Gasteiger partial charge in [-0.3, -0.25) is 0 Å². The van der Waals surface area contributed by atoms with Crippen LogP contribution in [0.4, 0.5) is 10.9 Å². The highest BCUT2D eigenvalue weighted by atomic mass is 32.1. The highest BCUT2D eigenvalue weighted by molar-refractivity contribution is 7.13. The van der Waals surface area contributed by atoms with Gasteiger partial charge < -0.3 is 15.8 Å². The van der Waals surface area contributed by atoms with Crippen molar-refractivity contribution in [3.05, 3.63) is 33.5 Å². The largest absolute Gasteiger partial charge is 0.389 e. The second-order valence-electron chi connectivity index (χ2n) is 2.81. The zero-order valence-electron chi connectivity index (χ0n) is 7.53. The molecule has 0 spiro atoms. The van der Waals surface area contributed by atoms with Crippen LogP contribution in [0.1, 0.15) is 5.69 Å². The zero-order valence-corrected chi connectivity index (χ0v) is 8.35. The lowest BCUT2D eigenvalue weighted by atomic mass is 10.5. The maximum Gasteiger partial charge on any atom is 0.389 e. The summed E-state index contributed by atoms with van der Waals surface area (Å²) in [6.45, 7) is 0.390. The molecule has 2 aromatic heterocycles. The molecule has 78 valence electrons. The van der Waals surface area contributed by atoms with Crippen molar-refractivity contribution in [1.82, 2.24) is 14.8 Å². The van der Waals surface area contributed by atoms with Gasteiger partial charge in [-0.15, -0.1) is 11.3 Å². The Hall–Kier alpha value is -1.96. The number of thiazole rings is 1. The van der Waals surface area contributed by atoms with Gasteiger partial charge in [0.25, 0.3) is 0 Å². The van der Waals surface area contributed by atoms with Gasteiger partial charge in [-0.1, -0.05) is 0 Å². The van der Waals surface area contributed by atoms with Crippen molar-refractivity contribution in [3.8, 4) is 0 Å². The molecular weight excluding hydrogens is 218 g/mol. The fraction of sp³-hybridized carbons (Fsp3) is 0.143. The highest BCUT2D eigenvalue weighted by Gasteiger charge is 2.11. The molecule has 0 radical (unpaired) electrons. The van der Waals surface area contributed by atoms with Crippen molar-refractivity contribution in [2.45, 2.75) is 6.54 Å². The number of nitrogens with two attached hydrogens (primary N) is 1. The molecule has 0 aliphatic rings. The first-order chi connectivity index (χ1) is 7.15. The van der Waals surface area contributed by atoms with E-state index in [9.17, 15) is 10.1 Å². The fourth-order valence-corrected chi connectivity index (χ4v) is 1.65. The minimum Gasteiger partial charge on any atom is -0.375 e. The molecule has 0 atom stereocenters. The van der Waals surface area contributed by atoms with E-state index in [-0.39, 0.29) is 5.82 Å². The molecule has 0 fully saturated rings. The molecule has 8 heteroatoms. The third-order valence-electron chi connectivity index (χ3n) is 1.71. The Labute approximate surface area is 88.3 Å². The van der Waals surface area contributed by atoms with Gasteiger partial charge in [0, 0.05) is 5.38 Å². The first kappa shape index (κ1) is 9.59. The van der Waals surface area contributed by atoms with E-state index in [2.05, 4.69) is 10.1 Å². The van der Waals surface area contributed by atoms with Gasteiger partial charge in [-0.25, -0.2) is 4.98 Å². The normalized spacial score (nSPS) is 10.4. The molecule has 2 N–H and O–H groups in total. The van der Waals surface area contributed by atoms with Crippen LogP contribution in [-0.2, 0) is 6.54 Å².